The van der Waals surface area contributed by atoms with Crippen LogP contribution < -0.4 is 10.1 Å². The lowest BCUT2D eigenvalue weighted by Gasteiger charge is -2.30. The van der Waals surface area contributed by atoms with Crippen molar-refractivity contribution < 1.29 is 32.6 Å². The molecule has 2 N–H and O–H groups in total. The average molecular weight is 343 g/mol. The number of aliphatic carboxylic acids is 1. The molecular formula is C16H16F3NO4. The zero-order valence-corrected chi connectivity index (χ0v) is 12.5. The van der Waals surface area contributed by atoms with Crippen LogP contribution in [0.4, 0.5) is 13.2 Å². The van der Waals surface area contributed by atoms with Crippen LogP contribution >= 0.6 is 0 Å². The summed E-state index contributed by atoms with van der Waals surface area (Å²) in [5.41, 5.74) is 0.105. The highest BCUT2D eigenvalue weighted by atomic mass is 19.4. The highest BCUT2D eigenvalue weighted by Gasteiger charge is 2.45. The third kappa shape index (κ3) is 4.74. The smallest absolute Gasteiger partial charge is 0.394 e. The van der Waals surface area contributed by atoms with Gasteiger partial charge in [0.2, 0.25) is 0 Å². The van der Waals surface area contributed by atoms with Crippen molar-refractivity contribution in [2.24, 2.45) is 5.92 Å². The summed E-state index contributed by atoms with van der Waals surface area (Å²) in [5, 5.41) is 11.0. The number of carbonyl (C=O) groups is 2. The van der Waals surface area contributed by atoms with E-state index in [0.717, 1.165) is 0 Å². The third-order valence-corrected chi connectivity index (χ3v) is 3.63. The highest BCUT2D eigenvalue weighted by Crippen LogP contribution is 2.35. The number of carboxylic acid groups (broad SMARTS) is 1. The minimum Gasteiger partial charge on any atom is -0.482 e. The fourth-order valence-corrected chi connectivity index (χ4v) is 2.46. The van der Waals surface area contributed by atoms with Crippen LogP contribution in [-0.2, 0) is 4.79 Å². The molecule has 1 aromatic carbocycles. The number of carboxylic acids is 1. The molecule has 0 fully saturated rings. The fourth-order valence-electron chi connectivity index (χ4n) is 2.46. The van der Waals surface area contributed by atoms with E-state index in [1.165, 1.54) is 30.3 Å². The van der Waals surface area contributed by atoms with Crippen molar-refractivity contribution in [2.45, 2.75) is 25.1 Å². The Morgan fingerprint density at radius 3 is 2.62 bits per heavy atom. The van der Waals surface area contributed by atoms with Gasteiger partial charge in [0, 0.05) is 11.6 Å². The van der Waals surface area contributed by atoms with Crippen molar-refractivity contribution in [1.29, 1.82) is 0 Å². The summed E-state index contributed by atoms with van der Waals surface area (Å²) in [7, 11) is 0. The lowest BCUT2D eigenvalue weighted by molar-refractivity contribution is -0.181. The van der Waals surface area contributed by atoms with Crippen molar-refractivity contribution in [3.63, 3.8) is 0 Å². The summed E-state index contributed by atoms with van der Waals surface area (Å²) < 4.78 is 44.0. The molecule has 0 unspecified atom stereocenters. The molecule has 0 radical (unpaired) electrons. The number of rotatable bonds is 5. The summed E-state index contributed by atoms with van der Waals surface area (Å²) in [6, 6.07) is 4.60. The predicted octanol–water partition coefficient (Wildman–Crippen LogP) is 2.78. The Morgan fingerprint density at radius 2 is 1.96 bits per heavy atom. The number of alkyl halides is 3. The van der Waals surface area contributed by atoms with Crippen molar-refractivity contribution in [2.75, 3.05) is 6.61 Å². The Bertz CT molecular complexity index is 642. The number of hydrogen-bond acceptors (Lipinski definition) is 3. The van der Waals surface area contributed by atoms with E-state index in [1.807, 2.05) is 0 Å². The first kappa shape index (κ1) is 17.8. The summed E-state index contributed by atoms with van der Waals surface area (Å²) in [6.07, 6.45) is -1.39. The minimum atomic E-state index is -4.39. The van der Waals surface area contributed by atoms with Crippen LogP contribution in [0.3, 0.4) is 0 Å². The van der Waals surface area contributed by atoms with Crippen molar-refractivity contribution in [1.82, 2.24) is 5.32 Å². The molecule has 0 aliphatic heterocycles. The first-order valence-electron chi connectivity index (χ1n) is 7.24. The van der Waals surface area contributed by atoms with Crippen LogP contribution in [0, 0.1) is 5.92 Å². The average Bonchev–Trinajstić information content (AvgIpc) is 2.52. The Balaban J connectivity index is 2.07. The van der Waals surface area contributed by atoms with Crippen LogP contribution in [0.1, 0.15) is 23.2 Å². The van der Waals surface area contributed by atoms with Gasteiger partial charge in [-0.25, -0.2) is 4.79 Å². The van der Waals surface area contributed by atoms with Crippen LogP contribution in [-0.4, -0.2) is 35.8 Å². The number of ether oxygens (including phenoxy) is 1. The third-order valence-electron chi connectivity index (χ3n) is 3.63. The minimum absolute atomic E-state index is 0.102. The molecule has 24 heavy (non-hydrogen) atoms. The molecule has 0 saturated heterocycles. The van der Waals surface area contributed by atoms with E-state index in [0.29, 0.717) is 0 Å². The van der Waals surface area contributed by atoms with Gasteiger partial charge >= 0.3 is 12.1 Å². The quantitative estimate of drug-likeness (QED) is 0.806. The number of nitrogens with one attached hydrogen (secondary N) is 1. The largest absolute Gasteiger partial charge is 0.482 e. The molecule has 2 atom stereocenters. The Morgan fingerprint density at radius 1 is 1.25 bits per heavy atom. The summed E-state index contributed by atoms with van der Waals surface area (Å²) in [5.74, 6) is -3.31. The van der Waals surface area contributed by atoms with E-state index in [4.69, 9.17) is 9.84 Å². The fraction of sp³-hybridized carbons (Fsp3) is 0.375. The second kappa shape index (κ2) is 7.37. The summed E-state index contributed by atoms with van der Waals surface area (Å²) >= 11 is 0. The molecule has 0 aromatic heterocycles. The van der Waals surface area contributed by atoms with E-state index in [9.17, 15) is 22.8 Å². The molecule has 0 spiro atoms. The van der Waals surface area contributed by atoms with E-state index < -0.39 is 36.6 Å². The van der Waals surface area contributed by atoms with Gasteiger partial charge in [0.15, 0.2) is 6.61 Å². The van der Waals surface area contributed by atoms with Crippen molar-refractivity contribution >= 4 is 11.9 Å². The van der Waals surface area contributed by atoms with Gasteiger partial charge in [-0.1, -0.05) is 18.2 Å². The van der Waals surface area contributed by atoms with Gasteiger partial charge in [-0.05, 0) is 31.0 Å². The van der Waals surface area contributed by atoms with Gasteiger partial charge in [-0.15, -0.1) is 0 Å². The lowest BCUT2D eigenvalue weighted by atomic mass is 9.88. The Labute approximate surface area is 136 Å². The van der Waals surface area contributed by atoms with Crippen molar-refractivity contribution in [3.05, 3.63) is 42.0 Å². The number of allylic oxidation sites excluding steroid dienone is 1. The molecule has 0 heterocycles. The number of amides is 1. The van der Waals surface area contributed by atoms with Gasteiger partial charge in [0.25, 0.3) is 5.91 Å². The maximum absolute atomic E-state index is 13.0. The van der Waals surface area contributed by atoms with Gasteiger partial charge in [-0.2, -0.15) is 13.2 Å². The molecule has 1 aliphatic rings. The monoisotopic (exact) mass is 343 g/mol. The van der Waals surface area contributed by atoms with Gasteiger partial charge in [-0.3, -0.25) is 4.79 Å². The first-order chi connectivity index (χ1) is 11.3. The Hall–Kier alpha value is -2.51. The standard InChI is InChI=1S/C16H16F3NO4/c17-16(18,19)12-6-1-2-7-13(12)20-15(23)10-4-3-5-11(8-10)24-9-14(21)22/h1-5,8,12-13H,6-7,9H2,(H,20,23)(H,21,22)/t12-,13-/m1/s1. The normalized spacial score (nSPS) is 20.5. The molecule has 8 heteroatoms. The summed E-state index contributed by atoms with van der Waals surface area (Å²) in [4.78, 5) is 22.7. The second-order valence-corrected chi connectivity index (χ2v) is 5.38. The zero-order chi connectivity index (χ0) is 17.7. The topological polar surface area (TPSA) is 75.6 Å². The van der Waals surface area contributed by atoms with Gasteiger partial charge in [0.05, 0.1) is 5.92 Å². The van der Waals surface area contributed by atoms with Crippen molar-refractivity contribution in [3.8, 4) is 5.75 Å². The predicted molar refractivity (Wildman–Crippen MR) is 78.7 cm³/mol. The van der Waals surface area contributed by atoms with E-state index in [-0.39, 0.29) is 24.2 Å². The molecule has 0 bridgehead atoms. The molecule has 1 amide bonds. The molecule has 130 valence electrons. The Kier molecular flexibility index (Phi) is 5.48. The molecule has 1 aromatic rings. The summed E-state index contributed by atoms with van der Waals surface area (Å²) in [6.45, 7) is -0.575. The maximum atomic E-state index is 13.0. The van der Waals surface area contributed by atoms with E-state index in [2.05, 4.69) is 5.32 Å². The zero-order valence-electron chi connectivity index (χ0n) is 12.5. The molecule has 2 rings (SSSR count). The van der Waals surface area contributed by atoms with Crippen LogP contribution in [0.2, 0.25) is 0 Å². The first-order valence-corrected chi connectivity index (χ1v) is 7.24. The van der Waals surface area contributed by atoms with Crippen LogP contribution in [0.15, 0.2) is 36.4 Å². The van der Waals surface area contributed by atoms with E-state index in [1.54, 1.807) is 6.08 Å². The number of benzene rings is 1. The molecule has 0 saturated carbocycles. The second-order valence-electron chi connectivity index (χ2n) is 5.38. The van der Waals surface area contributed by atoms with Crippen LogP contribution in [0.25, 0.3) is 0 Å². The molecule has 1 aliphatic carbocycles. The van der Waals surface area contributed by atoms with Gasteiger partial charge in [0.1, 0.15) is 5.75 Å². The highest BCUT2D eigenvalue weighted by molar-refractivity contribution is 5.94. The lowest BCUT2D eigenvalue weighted by Crippen LogP contribution is -2.46. The number of hydrogen-bond donors (Lipinski definition) is 2. The van der Waals surface area contributed by atoms with Gasteiger partial charge < -0.3 is 15.2 Å². The molecular weight excluding hydrogens is 327 g/mol. The van der Waals surface area contributed by atoms with E-state index >= 15 is 0 Å². The molecule has 5 nitrogen and oxygen atoms in total. The maximum Gasteiger partial charge on any atom is 0.394 e. The number of carbonyl (C=O) groups excluding carboxylic acids is 1. The number of halogens is 3. The SMILES string of the molecule is O=C(O)COc1cccc(C(=O)N[C@@H]2CC=CC[C@H]2C(F)(F)F)c1. The van der Waals surface area contributed by atoms with Crippen LogP contribution in [0.5, 0.6) is 5.75 Å².